The molecular formula is C24H15FN2O4. The minimum atomic E-state index is -0.620. The summed E-state index contributed by atoms with van der Waals surface area (Å²) >= 11 is 0. The van der Waals surface area contributed by atoms with Crippen LogP contribution in [0.3, 0.4) is 0 Å². The van der Waals surface area contributed by atoms with E-state index in [9.17, 15) is 24.6 Å². The topological polar surface area (TPSA) is 93.2 Å². The summed E-state index contributed by atoms with van der Waals surface area (Å²) in [6.07, 6.45) is 4.23. The fraction of sp³-hybridized carbons (Fsp3) is 0. The first-order valence-corrected chi connectivity index (χ1v) is 9.07. The Labute approximate surface area is 177 Å². The number of nitro groups is 1. The number of hydrogen-bond acceptors (Lipinski definition) is 5. The molecule has 0 saturated carbocycles. The molecule has 3 aromatic carbocycles. The number of hydrogen-bond donors (Lipinski definition) is 0. The van der Waals surface area contributed by atoms with Crippen molar-refractivity contribution in [2.24, 2.45) is 0 Å². The summed E-state index contributed by atoms with van der Waals surface area (Å²) in [5.41, 5.74) is 1.59. The summed E-state index contributed by atoms with van der Waals surface area (Å²) in [6, 6.07) is 20.1. The normalized spacial score (nSPS) is 11.2. The number of carbonyl (C=O) groups excluding carboxylic acids is 1. The van der Waals surface area contributed by atoms with Gasteiger partial charge in [-0.25, -0.2) is 9.18 Å². The number of carbonyl (C=O) groups is 1. The van der Waals surface area contributed by atoms with E-state index in [4.69, 9.17) is 4.74 Å². The second-order valence-electron chi connectivity index (χ2n) is 6.32. The molecule has 0 fully saturated rings. The van der Waals surface area contributed by atoms with Gasteiger partial charge in [-0.2, -0.15) is 5.26 Å². The summed E-state index contributed by atoms with van der Waals surface area (Å²) in [5, 5.41) is 20.0. The molecule has 0 aliphatic heterocycles. The molecule has 0 bridgehead atoms. The van der Waals surface area contributed by atoms with Crippen LogP contribution in [0.1, 0.15) is 16.7 Å². The number of nitriles is 1. The molecule has 31 heavy (non-hydrogen) atoms. The highest BCUT2D eigenvalue weighted by Gasteiger charge is 2.07. The van der Waals surface area contributed by atoms with Crippen LogP contribution in [0.25, 0.3) is 17.7 Å². The summed E-state index contributed by atoms with van der Waals surface area (Å²) in [4.78, 5) is 22.1. The van der Waals surface area contributed by atoms with Crippen molar-refractivity contribution >= 4 is 29.4 Å². The second-order valence-corrected chi connectivity index (χ2v) is 6.32. The number of allylic oxidation sites excluding steroid dienone is 1. The Balaban J connectivity index is 1.66. The van der Waals surface area contributed by atoms with Crippen LogP contribution in [-0.2, 0) is 4.79 Å². The van der Waals surface area contributed by atoms with E-state index in [1.165, 1.54) is 48.6 Å². The largest absolute Gasteiger partial charge is 0.423 e. The summed E-state index contributed by atoms with van der Waals surface area (Å²) in [6.45, 7) is 0. The zero-order chi connectivity index (χ0) is 22.2. The predicted octanol–water partition coefficient (Wildman–Crippen LogP) is 5.42. The Morgan fingerprint density at radius 1 is 1.00 bits per heavy atom. The fourth-order valence-corrected chi connectivity index (χ4v) is 2.67. The Morgan fingerprint density at radius 3 is 2.26 bits per heavy atom. The first-order chi connectivity index (χ1) is 15.0. The summed E-state index contributed by atoms with van der Waals surface area (Å²) < 4.78 is 19.1. The van der Waals surface area contributed by atoms with Crippen molar-refractivity contribution in [3.05, 3.63) is 111 Å². The van der Waals surface area contributed by atoms with Crippen molar-refractivity contribution in [3.63, 3.8) is 0 Å². The Bertz CT molecular complexity index is 1210. The van der Waals surface area contributed by atoms with E-state index in [0.29, 0.717) is 16.9 Å². The van der Waals surface area contributed by atoms with E-state index >= 15 is 0 Å². The van der Waals surface area contributed by atoms with Gasteiger partial charge < -0.3 is 4.74 Å². The minimum Gasteiger partial charge on any atom is -0.423 e. The van der Waals surface area contributed by atoms with E-state index < -0.39 is 16.7 Å². The molecule has 0 aliphatic carbocycles. The van der Waals surface area contributed by atoms with E-state index in [1.807, 2.05) is 6.07 Å². The standard InChI is InChI=1S/C24H15FN2O4/c25-23-4-2-1-3-22(23)19(16-26)15-18-7-12-21(13-8-18)31-24(28)14-9-17-5-10-20(11-6-17)27(29)30/h1-15H/b14-9+,19-15-. The average molecular weight is 414 g/mol. The molecule has 0 N–H and O–H groups in total. The maximum Gasteiger partial charge on any atom is 0.336 e. The van der Waals surface area contributed by atoms with Crippen molar-refractivity contribution in [3.8, 4) is 11.8 Å². The number of ether oxygens (including phenoxy) is 1. The maximum absolute atomic E-state index is 13.9. The number of benzene rings is 3. The lowest BCUT2D eigenvalue weighted by Gasteiger charge is -2.04. The monoisotopic (exact) mass is 414 g/mol. The number of halogens is 1. The number of esters is 1. The highest BCUT2D eigenvalue weighted by atomic mass is 19.1. The van der Waals surface area contributed by atoms with Gasteiger partial charge in [0.1, 0.15) is 11.6 Å². The van der Waals surface area contributed by atoms with Gasteiger partial charge in [-0.3, -0.25) is 10.1 Å². The summed E-state index contributed by atoms with van der Waals surface area (Å²) in [5.74, 6) is -0.814. The van der Waals surface area contributed by atoms with Gasteiger partial charge in [-0.05, 0) is 53.6 Å². The van der Waals surface area contributed by atoms with Crippen LogP contribution in [-0.4, -0.2) is 10.9 Å². The third kappa shape index (κ3) is 5.71. The van der Waals surface area contributed by atoms with Gasteiger partial charge in [-0.1, -0.05) is 30.3 Å². The van der Waals surface area contributed by atoms with Gasteiger partial charge in [0.15, 0.2) is 0 Å². The second kappa shape index (κ2) is 9.76. The van der Waals surface area contributed by atoms with Gasteiger partial charge in [0, 0.05) is 23.8 Å². The van der Waals surface area contributed by atoms with Gasteiger partial charge in [0.05, 0.1) is 16.6 Å². The zero-order valence-electron chi connectivity index (χ0n) is 16.1. The third-order valence-electron chi connectivity index (χ3n) is 4.21. The molecule has 0 spiro atoms. The van der Waals surface area contributed by atoms with Crippen LogP contribution in [0.5, 0.6) is 5.75 Å². The van der Waals surface area contributed by atoms with E-state index in [-0.39, 0.29) is 16.8 Å². The molecule has 0 heterocycles. The van der Waals surface area contributed by atoms with E-state index in [1.54, 1.807) is 42.5 Å². The molecule has 0 unspecified atom stereocenters. The number of non-ortho nitro benzene ring substituents is 1. The van der Waals surface area contributed by atoms with Crippen molar-refractivity contribution < 1.29 is 18.8 Å². The van der Waals surface area contributed by atoms with E-state index in [0.717, 1.165) is 0 Å². The van der Waals surface area contributed by atoms with Crippen LogP contribution in [0, 0.1) is 27.3 Å². The first kappa shape index (κ1) is 21.1. The van der Waals surface area contributed by atoms with Crippen LogP contribution in [0.4, 0.5) is 10.1 Å². The van der Waals surface area contributed by atoms with E-state index in [2.05, 4.69) is 0 Å². The highest BCUT2D eigenvalue weighted by molar-refractivity contribution is 5.90. The van der Waals surface area contributed by atoms with Crippen LogP contribution in [0.2, 0.25) is 0 Å². The Morgan fingerprint density at radius 2 is 1.65 bits per heavy atom. The maximum atomic E-state index is 13.9. The molecular weight excluding hydrogens is 399 g/mol. The molecule has 0 aromatic heterocycles. The molecule has 3 rings (SSSR count). The third-order valence-corrected chi connectivity index (χ3v) is 4.21. The van der Waals surface area contributed by atoms with Crippen molar-refractivity contribution in [1.82, 2.24) is 0 Å². The van der Waals surface area contributed by atoms with Crippen molar-refractivity contribution in [2.45, 2.75) is 0 Å². The lowest BCUT2D eigenvalue weighted by atomic mass is 10.0. The Kier molecular flexibility index (Phi) is 6.66. The number of rotatable bonds is 6. The van der Waals surface area contributed by atoms with Crippen molar-refractivity contribution in [2.75, 3.05) is 0 Å². The van der Waals surface area contributed by atoms with Gasteiger partial charge in [-0.15, -0.1) is 0 Å². The molecule has 0 aliphatic rings. The van der Waals surface area contributed by atoms with Crippen LogP contribution in [0.15, 0.2) is 78.9 Å². The molecule has 152 valence electrons. The lowest BCUT2D eigenvalue weighted by Crippen LogP contribution is -2.03. The summed E-state index contributed by atoms with van der Waals surface area (Å²) in [7, 11) is 0. The van der Waals surface area contributed by atoms with Crippen LogP contribution < -0.4 is 4.74 Å². The average Bonchev–Trinajstić information content (AvgIpc) is 2.78. The number of nitro benzene ring substituents is 1. The molecule has 0 atom stereocenters. The predicted molar refractivity (Wildman–Crippen MR) is 114 cm³/mol. The first-order valence-electron chi connectivity index (χ1n) is 9.07. The van der Waals surface area contributed by atoms with Gasteiger partial charge >= 0.3 is 5.97 Å². The molecule has 0 saturated heterocycles. The lowest BCUT2D eigenvalue weighted by molar-refractivity contribution is -0.384. The quantitative estimate of drug-likeness (QED) is 0.102. The smallest absolute Gasteiger partial charge is 0.336 e. The fourth-order valence-electron chi connectivity index (χ4n) is 2.67. The highest BCUT2D eigenvalue weighted by Crippen LogP contribution is 2.22. The molecule has 7 heteroatoms. The molecule has 3 aromatic rings. The SMILES string of the molecule is N#C/C(=C/c1ccc(OC(=O)/C=C/c2ccc([N+](=O)[O-])cc2)cc1)c1ccccc1F. The number of nitrogens with zero attached hydrogens (tertiary/aromatic N) is 2. The van der Waals surface area contributed by atoms with Gasteiger partial charge in [0.25, 0.3) is 5.69 Å². The van der Waals surface area contributed by atoms with Gasteiger partial charge in [0.2, 0.25) is 0 Å². The molecule has 0 radical (unpaired) electrons. The van der Waals surface area contributed by atoms with Crippen LogP contribution >= 0.6 is 0 Å². The minimum absolute atomic E-state index is 0.0385. The molecule has 6 nitrogen and oxygen atoms in total. The van der Waals surface area contributed by atoms with Crippen molar-refractivity contribution in [1.29, 1.82) is 5.26 Å². The molecule has 0 amide bonds. The Hall–Kier alpha value is -4.57. The zero-order valence-corrected chi connectivity index (χ0v) is 16.1.